The Hall–Kier alpha value is -0.840. The number of aliphatic hydroxyl groups excluding tert-OH is 1. The zero-order valence-electron chi connectivity index (χ0n) is 10.4. The van der Waals surface area contributed by atoms with Gasteiger partial charge in [-0.15, -0.1) is 0 Å². The molecular weight excluding hydrogens is 216 g/mol. The second-order valence-electron chi connectivity index (χ2n) is 4.86. The molecule has 1 aromatic rings. The summed E-state index contributed by atoms with van der Waals surface area (Å²) in [6.45, 7) is 4.83. The van der Waals surface area contributed by atoms with Crippen LogP contribution in [0.2, 0.25) is 0 Å². The third-order valence-electron chi connectivity index (χ3n) is 3.66. The summed E-state index contributed by atoms with van der Waals surface area (Å²) in [6.07, 6.45) is 2.10. The number of rotatable bonds is 4. The highest BCUT2D eigenvalue weighted by molar-refractivity contribution is 5.10. The van der Waals surface area contributed by atoms with E-state index in [-0.39, 0.29) is 6.04 Å². The monoisotopic (exact) mass is 238 g/mol. The number of nitrogens with two attached hydrogens (primary N) is 1. The van der Waals surface area contributed by atoms with E-state index in [0.29, 0.717) is 19.1 Å². The van der Waals surface area contributed by atoms with E-state index in [9.17, 15) is 0 Å². The number of likely N-dealkylation sites (tertiary alicyclic amines) is 1. The summed E-state index contributed by atoms with van der Waals surface area (Å²) in [5.74, 6) is 2.36. The van der Waals surface area contributed by atoms with Crippen molar-refractivity contribution in [3.05, 3.63) is 23.7 Å². The van der Waals surface area contributed by atoms with Gasteiger partial charge in [-0.3, -0.25) is 4.90 Å². The quantitative estimate of drug-likeness (QED) is 0.829. The fraction of sp³-hybridized carbons (Fsp3) is 0.692. The van der Waals surface area contributed by atoms with Gasteiger partial charge in [-0.05, 0) is 50.9 Å². The Morgan fingerprint density at radius 1 is 1.47 bits per heavy atom. The standard InChI is InChI=1S/C13H22N2O2/c1-10-2-3-13(17-10)12(8-14)15-6-4-11(9-16)5-7-15/h2-3,11-12,16H,4-9,14H2,1H3. The highest BCUT2D eigenvalue weighted by Gasteiger charge is 2.26. The van der Waals surface area contributed by atoms with Crippen molar-refractivity contribution >= 4 is 0 Å². The maximum Gasteiger partial charge on any atom is 0.122 e. The van der Waals surface area contributed by atoms with Gasteiger partial charge in [0, 0.05) is 13.2 Å². The second-order valence-corrected chi connectivity index (χ2v) is 4.86. The van der Waals surface area contributed by atoms with Crippen molar-refractivity contribution in [2.75, 3.05) is 26.2 Å². The van der Waals surface area contributed by atoms with E-state index in [4.69, 9.17) is 15.3 Å². The number of aryl methyl sites for hydroxylation is 1. The predicted octanol–water partition coefficient (Wildman–Crippen LogP) is 1.29. The highest BCUT2D eigenvalue weighted by atomic mass is 16.3. The molecule has 17 heavy (non-hydrogen) atoms. The molecule has 0 amide bonds. The molecule has 0 saturated carbocycles. The van der Waals surface area contributed by atoms with Crippen LogP contribution in [0.3, 0.4) is 0 Å². The molecule has 0 aromatic carbocycles. The van der Waals surface area contributed by atoms with E-state index in [1.54, 1.807) is 0 Å². The first-order valence-corrected chi connectivity index (χ1v) is 6.36. The summed E-state index contributed by atoms with van der Waals surface area (Å²) < 4.78 is 5.67. The Balaban J connectivity index is 2.00. The lowest BCUT2D eigenvalue weighted by atomic mass is 9.96. The van der Waals surface area contributed by atoms with Crippen molar-refractivity contribution in [3.8, 4) is 0 Å². The van der Waals surface area contributed by atoms with E-state index < -0.39 is 0 Å². The van der Waals surface area contributed by atoms with Gasteiger partial charge in [-0.25, -0.2) is 0 Å². The third kappa shape index (κ3) is 2.89. The van der Waals surface area contributed by atoms with Crippen molar-refractivity contribution < 1.29 is 9.52 Å². The topological polar surface area (TPSA) is 62.6 Å². The molecule has 0 aliphatic carbocycles. The molecule has 1 atom stereocenters. The Labute approximate surface area is 102 Å². The van der Waals surface area contributed by atoms with Crippen LogP contribution >= 0.6 is 0 Å². The van der Waals surface area contributed by atoms with Crippen LogP contribution in [0.5, 0.6) is 0 Å². The fourth-order valence-electron chi connectivity index (χ4n) is 2.52. The molecule has 96 valence electrons. The predicted molar refractivity (Wildman–Crippen MR) is 66.6 cm³/mol. The largest absolute Gasteiger partial charge is 0.465 e. The van der Waals surface area contributed by atoms with Gasteiger partial charge in [0.05, 0.1) is 6.04 Å². The van der Waals surface area contributed by atoms with Crippen molar-refractivity contribution in [2.24, 2.45) is 11.7 Å². The van der Waals surface area contributed by atoms with Crippen LogP contribution in [0.25, 0.3) is 0 Å². The van der Waals surface area contributed by atoms with Gasteiger partial charge in [0.1, 0.15) is 11.5 Å². The smallest absolute Gasteiger partial charge is 0.122 e. The highest BCUT2D eigenvalue weighted by Crippen LogP contribution is 2.27. The summed E-state index contributed by atoms with van der Waals surface area (Å²) in [6, 6.07) is 4.19. The SMILES string of the molecule is Cc1ccc(C(CN)N2CCC(CO)CC2)o1. The van der Waals surface area contributed by atoms with Crippen LogP contribution < -0.4 is 5.73 Å². The molecule has 0 radical (unpaired) electrons. The Morgan fingerprint density at radius 2 is 2.18 bits per heavy atom. The molecule has 1 saturated heterocycles. The number of nitrogens with zero attached hydrogens (tertiary/aromatic N) is 1. The van der Waals surface area contributed by atoms with Crippen LogP contribution in [0, 0.1) is 12.8 Å². The molecule has 1 fully saturated rings. The Bertz CT molecular complexity index is 343. The van der Waals surface area contributed by atoms with Crippen LogP contribution in [-0.4, -0.2) is 36.2 Å². The van der Waals surface area contributed by atoms with Crippen molar-refractivity contribution in [1.29, 1.82) is 0 Å². The van der Waals surface area contributed by atoms with Gasteiger partial charge < -0.3 is 15.3 Å². The molecule has 2 heterocycles. The Morgan fingerprint density at radius 3 is 2.65 bits per heavy atom. The van der Waals surface area contributed by atoms with E-state index in [2.05, 4.69) is 4.90 Å². The summed E-state index contributed by atoms with van der Waals surface area (Å²) in [5, 5.41) is 9.13. The molecule has 4 nitrogen and oxygen atoms in total. The summed E-state index contributed by atoms with van der Waals surface area (Å²) >= 11 is 0. The second kappa shape index (κ2) is 5.67. The zero-order valence-corrected chi connectivity index (χ0v) is 10.4. The number of piperidine rings is 1. The number of hydrogen-bond acceptors (Lipinski definition) is 4. The van der Waals surface area contributed by atoms with Gasteiger partial charge >= 0.3 is 0 Å². The van der Waals surface area contributed by atoms with E-state index in [1.807, 2.05) is 19.1 Å². The normalized spacial score (nSPS) is 20.6. The summed E-state index contributed by atoms with van der Waals surface area (Å²) in [5.41, 5.74) is 5.86. The molecule has 4 heteroatoms. The van der Waals surface area contributed by atoms with Gasteiger partial charge in [-0.2, -0.15) is 0 Å². The average molecular weight is 238 g/mol. The number of hydrogen-bond donors (Lipinski definition) is 2. The molecular formula is C13H22N2O2. The van der Waals surface area contributed by atoms with Gasteiger partial charge in [0.25, 0.3) is 0 Å². The first-order chi connectivity index (χ1) is 8.24. The lowest BCUT2D eigenvalue weighted by molar-refractivity contribution is 0.0937. The maximum atomic E-state index is 9.13. The first kappa shape index (κ1) is 12.6. The minimum Gasteiger partial charge on any atom is -0.465 e. The number of aliphatic hydroxyl groups is 1. The lowest BCUT2D eigenvalue weighted by Crippen LogP contribution is -2.40. The molecule has 0 bridgehead atoms. The molecule has 2 rings (SSSR count). The van der Waals surface area contributed by atoms with Crippen molar-refractivity contribution in [1.82, 2.24) is 4.90 Å². The van der Waals surface area contributed by atoms with Crippen LogP contribution in [0.15, 0.2) is 16.5 Å². The minimum absolute atomic E-state index is 0.184. The van der Waals surface area contributed by atoms with Crippen molar-refractivity contribution in [2.45, 2.75) is 25.8 Å². The molecule has 1 aromatic heterocycles. The van der Waals surface area contributed by atoms with Gasteiger partial charge in [0.2, 0.25) is 0 Å². The van der Waals surface area contributed by atoms with E-state index >= 15 is 0 Å². The lowest BCUT2D eigenvalue weighted by Gasteiger charge is -2.35. The first-order valence-electron chi connectivity index (χ1n) is 6.36. The Kier molecular flexibility index (Phi) is 4.20. The molecule has 1 aliphatic heterocycles. The van der Waals surface area contributed by atoms with Crippen LogP contribution in [0.1, 0.15) is 30.4 Å². The fourth-order valence-corrected chi connectivity index (χ4v) is 2.52. The van der Waals surface area contributed by atoms with Gasteiger partial charge in [-0.1, -0.05) is 0 Å². The van der Waals surface area contributed by atoms with Crippen molar-refractivity contribution in [3.63, 3.8) is 0 Å². The van der Waals surface area contributed by atoms with E-state index in [1.165, 1.54) is 0 Å². The molecule has 0 spiro atoms. The van der Waals surface area contributed by atoms with Gasteiger partial charge in [0.15, 0.2) is 0 Å². The minimum atomic E-state index is 0.184. The van der Waals surface area contributed by atoms with Crippen LogP contribution in [-0.2, 0) is 0 Å². The molecule has 3 N–H and O–H groups in total. The zero-order chi connectivity index (χ0) is 12.3. The average Bonchev–Trinajstić information content (AvgIpc) is 2.78. The summed E-state index contributed by atoms with van der Waals surface area (Å²) in [7, 11) is 0. The van der Waals surface area contributed by atoms with E-state index in [0.717, 1.165) is 37.5 Å². The van der Waals surface area contributed by atoms with Crippen LogP contribution in [0.4, 0.5) is 0 Å². The molecule has 1 unspecified atom stereocenters. The molecule has 1 aliphatic rings. The number of furan rings is 1. The third-order valence-corrected chi connectivity index (χ3v) is 3.66. The summed E-state index contributed by atoms with van der Waals surface area (Å²) in [4.78, 5) is 2.37. The maximum absolute atomic E-state index is 9.13.